The molecular weight excluding hydrogens is 393 g/mol. The third kappa shape index (κ3) is 4.99. The maximum Gasteiger partial charge on any atom is 0.416 e. The fraction of sp³-hybridized carbons (Fsp3) is 0.364. The molecule has 0 aliphatic carbocycles. The second kappa shape index (κ2) is 8.87. The molecule has 1 aromatic heterocycles. The molecule has 0 spiro atoms. The zero-order chi connectivity index (χ0) is 21.0. The summed E-state index contributed by atoms with van der Waals surface area (Å²) in [6.45, 7) is 3.93. The number of benzene rings is 2. The molecule has 1 saturated heterocycles. The van der Waals surface area contributed by atoms with Crippen molar-refractivity contribution in [2.75, 3.05) is 37.6 Å². The van der Waals surface area contributed by atoms with Crippen molar-refractivity contribution in [1.82, 2.24) is 15.0 Å². The van der Waals surface area contributed by atoms with Gasteiger partial charge in [-0.2, -0.15) is 18.2 Å². The number of halogens is 3. The van der Waals surface area contributed by atoms with Crippen LogP contribution >= 0.6 is 0 Å². The zero-order valence-corrected chi connectivity index (χ0v) is 16.5. The molecule has 158 valence electrons. The van der Waals surface area contributed by atoms with Gasteiger partial charge in [-0.3, -0.25) is 4.90 Å². The Morgan fingerprint density at radius 3 is 2.43 bits per heavy atom. The van der Waals surface area contributed by atoms with Crippen LogP contribution in [0.1, 0.15) is 17.9 Å². The van der Waals surface area contributed by atoms with Gasteiger partial charge in [0.2, 0.25) is 11.7 Å². The van der Waals surface area contributed by atoms with E-state index in [4.69, 9.17) is 4.52 Å². The first-order valence-corrected chi connectivity index (χ1v) is 10.0. The monoisotopic (exact) mass is 416 g/mol. The van der Waals surface area contributed by atoms with E-state index in [1.165, 1.54) is 12.1 Å². The van der Waals surface area contributed by atoms with Gasteiger partial charge in [0.05, 0.1) is 5.56 Å². The van der Waals surface area contributed by atoms with Gasteiger partial charge < -0.3 is 9.42 Å². The lowest BCUT2D eigenvalue weighted by atomic mass is 10.1. The predicted molar refractivity (Wildman–Crippen MR) is 108 cm³/mol. The minimum absolute atomic E-state index is 0.598. The molecule has 1 aliphatic heterocycles. The molecule has 0 radical (unpaired) electrons. The molecule has 1 fully saturated rings. The van der Waals surface area contributed by atoms with Gasteiger partial charge in [-0.25, -0.2) is 0 Å². The first-order chi connectivity index (χ1) is 14.5. The Bertz CT molecular complexity index is 950. The van der Waals surface area contributed by atoms with Crippen molar-refractivity contribution in [3.63, 3.8) is 0 Å². The number of nitrogens with zero attached hydrogens (tertiary/aromatic N) is 4. The molecule has 30 heavy (non-hydrogen) atoms. The number of hydrogen-bond donors (Lipinski definition) is 0. The van der Waals surface area contributed by atoms with Gasteiger partial charge in [-0.1, -0.05) is 41.6 Å². The summed E-state index contributed by atoms with van der Waals surface area (Å²) in [5.41, 5.74) is 0.957. The second-order valence-electron chi connectivity index (χ2n) is 7.36. The molecule has 3 aromatic rings. The Morgan fingerprint density at radius 2 is 1.70 bits per heavy atom. The fourth-order valence-electron chi connectivity index (χ4n) is 3.62. The van der Waals surface area contributed by atoms with E-state index < -0.39 is 11.7 Å². The molecular formula is C22H23F3N4O. The zero-order valence-electron chi connectivity index (χ0n) is 16.5. The maximum absolute atomic E-state index is 12.9. The summed E-state index contributed by atoms with van der Waals surface area (Å²) >= 11 is 0. The van der Waals surface area contributed by atoms with Crippen LogP contribution in [0.4, 0.5) is 18.9 Å². The minimum Gasteiger partial charge on any atom is -0.369 e. The second-order valence-corrected chi connectivity index (χ2v) is 7.36. The van der Waals surface area contributed by atoms with Crippen LogP contribution in [0, 0.1) is 0 Å². The molecule has 2 aromatic carbocycles. The van der Waals surface area contributed by atoms with E-state index in [2.05, 4.69) is 15.0 Å². The largest absolute Gasteiger partial charge is 0.416 e. The molecule has 0 bridgehead atoms. The number of rotatable bonds is 6. The highest BCUT2D eigenvalue weighted by Crippen LogP contribution is 2.31. The molecule has 0 N–H and O–H groups in total. The Morgan fingerprint density at radius 1 is 0.933 bits per heavy atom. The van der Waals surface area contributed by atoms with E-state index in [0.29, 0.717) is 36.9 Å². The first-order valence-electron chi connectivity index (χ1n) is 10.0. The molecule has 2 heterocycles. The molecule has 0 atom stereocenters. The highest BCUT2D eigenvalue weighted by molar-refractivity contribution is 5.53. The van der Waals surface area contributed by atoms with E-state index in [1.807, 2.05) is 35.2 Å². The summed E-state index contributed by atoms with van der Waals surface area (Å²) in [5.74, 6) is 1.22. The Kier molecular flexibility index (Phi) is 6.03. The molecule has 1 aliphatic rings. The van der Waals surface area contributed by atoms with Crippen LogP contribution in [0.2, 0.25) is 0 Å². The lowest BCUT2D eigenvalue weighted by Gasteiger charge is -2.36. The van der Waals surface area contributed by atoms with E-state index in [1.54, 1.807) is 6.07 Å². The molecule has 4 rings (SSSR count). The third-order valence-electron chi connectivity index (χ3n) is 5.28. The average molecular weight is 416 g/mol. The number of piperazine rings is 1. The Balaban J connectivity index is 1.24. The average Bonchev–Trinajstić information content (AvgIpc) is 3.23. The molecule has 8 heteroatoms. The highest BCUT2D eigenvalue weighted by Gasteiger charge is 2.31. The molecule has 5 nitrogen and oxygen atoms in total. The summed E-state index contributed by atoms with van der Waals surface area (Å²) in [7, 11) is 0. The van der Waals surface area contributed by atoms with Gasteiger partial charge in [0, 0.05) is 43.9 Å². The molecule has 0 amide bonds. The van der Waals surface area contributed by atoms with Gasteiger partial charge in [0.15, 0.2) is 0 Å². The van der Waals surface area contributed by atoms with E-state index in [-0.39, 0.29) is 0 Å². The van der Waals surface area contributed by atoms with E-state index >= 15 is 0 Å². The van der Waals surface area contributed by atoms with Crippen LogP contribution in [-0.2, 0) is 12.6 Å². The van der Waals surface area contributed by atoms with Crippen LogP contribution in [0.25, 0.3) is 11.4 Å². The van der Waals surface area contributed by atoms with Crippen LogP contribution in [0.5, 0.6) is 0 Å². The number of hydrogen-bond acceptors (Lipinski definition) is 5. The van der Waals surface area contributed by atoms with Gasteiger partial charge in [0.1, 0.15) is 0 Å². The van der Waals surface area contributed by atoms with Crippen molar-refractivity contribution in [2.45, 2.75) is 19.0 Å². The lowest BCUT2D eigenvalue weighted by molar-refractivity contribution is -0.137. The van der Waals surface area contributed by atoms with Crippen molar-refractivity contribution >= 4 is 5.69 Å². The van der Waals surface area contributed by atoms with Crippen molar-refractivity contribution in [2.24, 2.45) is 0 Å². The Labute approximate surface area is 173 Å². The SMILES string of the molecule is FC(F)(F)c1cccc(N2CCN(CCCc3nc(-c4ccccc4)no3)CC2)c1. The van der Waals surface area contributed by atoms with Crippen LogP contribution in [0.3, 0.4) is 0 Å². The van der Waals surface area contributed by atoms with Gasteiger partial charge >= 0.3 is 6.18 Å². The summed E-state index contributed by atoms with van der Waals surface area (Å²) in [6.07, 6.45) is -2.72. The summed E-state index contributed by atoms with van der Waals surface area (Å²) in [6, 6.07) is 15.3. The van der Waals surface area contributed by atoms with Gasteiger partial charge in [-0.05, 0) is 31.2 Å². The topological polar surface area (TPSA) is 45.4 Å². The number of alkyl halides is 3. The Hall–Kier alpha value is -2.87. The minimum atomic E-state index is -4.31. The lowest BCUT2D eigenvalue weighted by Crippen LogP contribution is -2.46. The quantitative estimate of drug-likeness (QED) is 0.592. The van der Waals surface area contributed by atoms with Gasteiger partial charge in [0.25, 0.3) is 0 Å². The molecule has 0 unspecified atom stereocenters. The van der Waals surface area contributed by atoms with Crippen LogP contribution in [-0.4, -0.2) is 47.8 Å². The van der Waals surface area contributed by atoms with Crippen molar-refractivity contribution in [3.05, 3.63) is 66.1 Å². The summed E-state index contributed by atoms with van der Waals surface area (Å²) in [5, 5.41) is 4.03. The van der Waals surface area contributed by atoms with E-state index in [0.717, 1.165) is 37.7 Å². The molecule has 0 saturated carbocycles. The maximum atomic E-state index is 12.9. The predicted octanol–water partition coefficient (Wildman–Crippen LogP) is 4.51. The summed E-state index contributed by atoms with van der Waals surface area (Å²) < 4.78 is 44.1. The third-order valence-corrected chi connectivity index (χ3v) is 5.28. The smallest absolute Gasteiger partial charge is 0.369 e. The standard InChI is InChI=1S/C22H23F3N4O/c23-22(24,25)18-8-4-9-19(16-18)29-14-12-28(13-15-29)11-5-10-20-26-21(27-30-20)17-6-2-1-3-7-17/h1-4,6-9,16H,5,10-15H2. The number of anilines is 1. The van der Waals surface area contributed by atoms with E-state index in [9.17, 15) is 13.2 Å². The summed E-state index contributed by atoms with van der Waals surface area (Å²) in [4.78, 5) is 8.77. The van der Waals surface area contributed by atoms with Crippen LogP contribution in [0.15, 0.2) is 59.1 Å². The normalized spacial score (nSPS) is 15.5. The highest BCUT2D eigenvalue weighted by atomic mass is 19.4. The van der Waals surface area contributed by atoms with Crippen molar-refractivity contribution in [1.29, 1.82) is 0 Å². The van der Waals surface area contributed by atoms with Gasteiger partial charge in [-0.15, -0.1) is 0 Å². The van der Waals surface area contributed by atoms with Crippen LogP contribution < -0.4 is 4.90 Å². The fourth-order valence-corrected chi connectivity index (χ4v) is 3.62. The number of aryl methyl sites for hydroxylation is 1. The number of aromatic nitrogens is 2. The van der Waals surface area contributed by atoms with Crippen molar-refractivity contribution in [3.8, 4) is 11.4 Å². The van der Waals surface area contributed by atoms with Crippen molar-refractivity contribution < 1.29 is 17.7 Å². The first kappa shape index (κ1) is 20.4.